The minimum atomic E-state index is -0.516. The Bertz CT molecular complexity index is 1450. The fourth-order valence-electron chi connectivity index (χ4n) is 4.27. The molecule has 0 unspecified atom stereocenters. The zero-order chi connectivity index (χ0) is 24.0. The van der Waals surface area contributed by atoms with Gasteiger partial charge < -0.3 is 19.7 Å². The summed E-state index contributed by atoms with van der Waals surface area (Å²) in [7, 11) is 1.64. The number of hydrogen-bond acceptors (Lipinski definition) is 5. The van der Waals surface area contributed by atoms with Crippen molar-refractivity contribution in [2.24, 2.45) is 7.05 Å². The number of benzene rings is 2. The van der Waals surface area contributed by atoms with Gasteiger partial charge in [-0.3, -0.25) is 4.57 Å². The van der Waals surface area contributed by atoms with Gasteiger partial charge in [-0.1, -0.05) is 17.7 Å². The van der Waals surface area contributed by atoms with Crippen molar-refractivity contribution in [3.05, 3.63) is 82.4 Å². The van der Waals surface area contributed by atoms with Crippen molar-refractivity contribution in [2.75, 3.05) is 18.0 Å². The summed E-state index contributed by atoms with van der Waals surface area (Å²) in [5.41, 5.74) is 1.94. The summed E-state index contributed by atoms with van der Waals surface area (Å²) in [6, 6.07) is 10.9. The highest BCUT2D eigenvalue weighted by Crippen LogP contribution is 2.41. The maximum atomic E-state index is 14.7. The molecule has 3 heterocycles. The molecule has 1 aliphatic heterocycles. The number of aromatic hydroxyl groups is 1. The van der Waals surface area contributed by atoms with Crippen molar-refractivity contribution in [1.29, 1.82) is 0 Å². The fourth-order valence-corrected chi connectivity index (χ4v) is 4.54. The van der Waals surface area contributed by atoms with Gasteiger partial charge in [0.05, 0.1) is 16.8 Å². The SMILES string of the molecule is Cn1ccn(-c2ccc(-c3cc(F)cc(-c4ccnc(N5CC[C@H](O)C5)c4)c3O)cc2Cl)c1=O. The van der Waals surface area contributed by atoms with Crippen LogP contribution in [0.25, 0.3) is 27.9 Å². The number of nitrogens with zero attached hydrogens (tertiary/aromatic N) is 4. The fraction of sp³-hybridized carbons (Fsp3) is 0.200. The molecule has 0 spiro atoms. The van der Waals surface area contributed by atoms with Crippen LogP contribution in [0.15, 0.2) is 65.8 Å². The number of phenols is 1. The third-order valence-electron chi connectivity index (χ3n) is 6.08. The Kier molecular flexibility index (Phi) is 5.63. The summed E-state index contributed by atoms with van der Waals surface area (Å²) >= 11 is 6.47. The summed E-state index contributed by atoms with van der Waals surface area (Å²) < 4.78 is 17.5. The summed E-state index contributed by atoms with van der Waals surface area (Å²) in [4.78, 5) is 18.6. The van der Waals surface area contributed by atoms with Gasteiger partial charge in [-0.2, -0.15) is 0 Å². The Morgan fingerprint density at radius 3 is 2.44 bits per heavy atom. The molecule has 0 aliphatic carbocycles. The first-order chi connectivity index (χ1) is 16.3. The highest BCUT2D eigenvalue weighted by Gasteiger charge is 2.22. The topological polar surface area (TPSA) is 83.5 Å². The van der Waals surface area contributed by atoms with Gasteiger partial charge in [-0.05, 0) is 53.9 Å². The molecule has 2 N–H and O–H groups in total. The molecule has 2 aromatic carbocycles. The van der Waals surface area contributed by atoms with Gasteiger partial charge in [0.25, 0.3) is 0 Å². The second kappa shape index (κ2) is 8.62. The lowest BCUT2D eigenvalue weighted by molar-refractivity contribution is 0.198. The van der Waals surface area contributed by atoms with E-state index < -0.39 is 11.9 Å². The van der Waals surface area contributed by atoms with Gasteiger partial charge in [0.15, 0.2) is 0 Å². The average molecular weight is 481 g/mol. The van der Waals surface area contributed by atoms with Crippen LogP contribution in [0.2, 0.25) is 5.02 Å². The molecule has 7 nitrogen and oxygen atoms in total. The van der Waals surface area contributed by atoms with E-state index in [1.165, 1.54) is 21.3 Å². The highest BCUT2D eigenvalue weighted by atomic mass is 35.5. The second-order valence-corrected chi connectivity index (χ2v) is 8.78. The monoisotopic (exact) mass is 480 g/mol. The van der Waals surface area contributed by atoms with Gasteiger partial charge in [-0.15, -0.1) is 0 Å². The van der Waals surface area contributed by atoms with Crippen molar-refractivity contribution < 1.29 is 14.6 Å². The number of β-amino-alcohol motifs (C(OH)–C–C–N with tert-alkyl or cyclic N) is 1. The Morgan fingerprint density at radius 2 is 1.82 bits per heavy atom. The molecule has 34 heavy (non-hydrogen) atoms. The van der Waals surface area contributed by atoms with E-state index in [4.69, 9.17) is 11.6 Å². The minimum Gasteiger partial charge on any atom is -0.507 e. The van der Waals surface area contributed by atoms with Crippen molar-refractivity contribution >= 4 is 17.4 Å². The molecule has 1 aliphatic rings. The number of aryl methyl sites for hydroxylation is 1. The Morgan fingerprint density at radius 1 is 1.09 bits per heavy atom. The molecule has 0 bridgehead atoms. The van der Waals surface area contributed by atoms with E-state index in [0.29, 0.717) is 47.7 Å². The van der Waals surface area contributed by atoms with E-state index in [1.807, 2.05) is 4.90 Å². The smallest absolute Gasteiger partial charge is 0.332 e. The van der Waals surface area contributed by atoms with Crippen LogP contribution >= 0.6 is 11.6 Å². The first-order valence-corrected chi connectivity index (χ1v) is 11.2. The van der Waals surface area contributed by atoms with Gasteiger partial charge in [-0.25, -0.2) is 14.2 Å². The van der Waals surface area contributed by atoms with Crippen LogP contribution in [0.3, 0.4) is 0 Å². The summed E-state index contributed by atoms with van der Waals surface area (Å²) in [5, 5.41) is 21.2. The van der Waals surface area contributed by atoms with Crippen molar-refractivity contribution in [1.82, 2.24) is 14.1 Å². The molecule has 9 heteroatoms. The van der Waals surface area contributed by atoms with Gasteiger partial charge in [0.2, 0.25) is 0 Å². The lowest BCUT2D eigenvalue weighted by Crippen LogP contribution is -2.22. The molecule has 0 amide bonds. The number of hydrogen-bond donors (Lipinski definition) is 2. The molecule has 0 radical (unpaired) electrons. The summed E-state index contributed by atoms with van der Waals surface area (Å²) in [5.74, 6) is 0.0397. The van der Waals surface area contributed by atoms with Crippen LogP contribution in [0.4, 0.5) is 10.2 Å². The van der Waals surface area contributed by atoms with Crippen LogP contribution in [0.1, 0.15) is 6.42 Å². The van der Waals surface area contributed by atoms with Crippen molar-refractivity contribution in [3.8, 4) is 33.7 Å². The molecule has 1 fully saturated rings. The van der Waals surface area contributed by atoms with E-state index >= 15 is 0 Å². The Balaban J connectivity index is 1.55. The predicted molar refractivity (Wildman–Crippen MR) is 129 cm³/mol. The first-order valence-electron chi connectivity index (χ1n) is 10.8. The van der Waals surface area contributed by atoms with E-state index in [2.05, 4.69) is 4.98 Å². The number of aliphatic hydroxyl groups excluding tert-OH is 1. The highest BCUT2D eigenvalue weighted by molar-refractivity contribution is 6.32. The average Bonchev–Trinajstić information content (AvgIpc) is 3.40. The summed E-state index contributed by atoms with van der Waals surface area (Å²) in [6.45, 7) is 1.15. The number of imidazole rings is 1. The number of anilines is 1. The van der Waals surface area contributed by atoms with E-state index in [1.54, 1.807) is 56.0 Å². The van der Waals surface area contributed by atoms with E-state index in [9.17, 15) is 19.4 Å². The van der Waals surface area contributed by atoms with Crippen molar-refractivity contribution in [3.63, 3.8) is 0 Å². The van der Waals surface area contributed by atoms with Crippen LogP contribution in [0.5, 0.6) is 5.75 Å². The third-order valence-corrected chi connectivity index (χ3v) is 6.39. The standard InChI is InChI=1S/C25H22ClFN4O3/c1-29-8-9-31(25(29)34)22-3-2-15(10-21(22)26)19-12-17(27)13-20(24(19)33)16-4-6-28-23(11-16)30-7-5-18(32)14-30/h2-4,6,8-13,18,32-33H,5,7,14H2,1H3/t18-/m0/s1. The van der Waals surface area contributed by atoms with E-state index in [0.717, 1.165) is 0 Å². The quantitative estimate of drug-likeness (QED) is 0.461. The molecular weight excluding hydrogens is 459 g/mol. The lowest BCUT2D eigenvalue weighted by Gasteiger charge is -2.18. The maximum absolute atomic E-state index is 14.7. The molecule has 4 aromatic rings. The predicted octanol–water partition coefficient (Wildman–Crippen LogP) is 3.97. The zero-order valence-corrected chi connectivity index (χ0v) is 19.1. The molecular formula is C25H22ClFN4O3. The Hall–Kier alpha value is -3.62. The van der Waals surface area contributed by atoms with Crippen molar-refractivity contribution in [2.45, 2.75) is 12.5 Å². The molecule has 5 rings (SSSR count). The van der Waals surface area contributed by atoms with Gasteiger partial charge >= 0.3 is 5.69 Å². The first kappa shape index (κ1) is 22.2. The Labute approximate surface area is 199 Å². The third kappa shape index (κ3) is 3.95. The van der Waals surface area contributed by atoms with E-state index in [-0.39, 0.29) is 22.0 Å². The number of aliphatic hydroxyl groups is 1. The summed E-state index contributed by atoms with van der Waals surface area (Å²) in [6.07, 6.45) is 5.10. The van der Waals surface area contributed by atoms with Gasteiger partial charge in [0, 0.05) is 49.9 Å². The molecule has 174 valence electrons. The molecule has 0 saturated carbocycles. The molecule has 1 atom stereocenters. The molecule has 2 aromatic heterocycles. The zero-order valence-electron chi connectivity index (χ0n) is 18.3. The number of aromatic nitrogens is 3. The normalized spacial score (nSPS) is 15.8. The number of halogens is 2. The number of phenolic OH excluding ortho intramolecular Hbond substituents is 1. The maximum Gasteiger partial charge on any atom is 0.332 e. The van der Waals surface area contributed by atoms with Gasteiger partial charge in [0.1, 0.15) is 17.4 Å². The lowest BCUT2D eigenvalue weighted by atomic mass is 9.97. The minimum absolute atomic E-state index is 0.0966. The molecule has 1 saturated heterocycles. The second-order valence-electron chi connectivity index (χ2n) is 8.37. The number of rotatable bonds is 4. The number of pyridine rings is 1. The van der Waals surface area contributed by atoms with Crippen LogP contribution < -0.4 is 10.6 Å². The van der Waals surface area contributed by atoms with Crippen LogP contribution in [0, 0.1) is 5.82 Å². The van der Waals surface area contributed by atoms with Crippen LogP contribution in [-0.4, -0.2) is 43.5 Å². The largest absolute Gasteiger partial charge is 0.507 e. The van der Waals surface area contributed by atoms with Crippen LogP contribution in [-0.2, 0) is 7.05 Å².